The predicted octanol–water partition coefficient (Wildman–Crippen LogP) is 1.13. The van der Waals surface area contributed by atoms with Crippen LogP contribution in [0.5, 0.6) is 0 Å². The van der Waals surface area contributed by atoms with Crippen LogP contribution in [0.1, 0.15) is 13.3 Å². The first-order valence-electron chi connectivity index (χ1n) is 4.59. The highest BCUT2D eigenvalue weighted by Crippen LogP contribution is 1.97. The van der Waals surface area contributed by atoms with Crippen molar-refractivity contribution in [3.05, 3.63) is 0 Å². The van der Waals surface area contributed by atoms with Crippen LogP contribution < -0.4 is 5.32 Å². The van der Waals surface area contributed by atoms with Gasteiger partial charge in [-0.2, -0.15) is 0 Å². The molecule has 0 fully saturated rings. The summed E-state index contributed by atoms with van der Waals surface area (Å²) in [5, 5.41) is 3.13. The third-order valence-corrected chi connectivity index (χ3v) is 1.85. The highest BCUT2D eigenvalue weighted by molar-refractivity contribution is 4.60. The largest absolute Gasteiger partial charge is 0.319 e. The Hall–Kier alpha value is -0.150. The van der Waals surface area contributed by atoms with Crippen LogP contribution in [-0.4, -0.2) is 45.3 Å². The zero-order valence-corrected chi connectivity index (χ0v) is 8.44. The summed E-state index contributed by atoms with van der Waals surface area (Å²) < 4.78 is 11.8. The molecule has 0 aromatic rings. The molecule has 12 heavy (non-hydrogen) atoms. The molecule has 0 rings (SSSR count). The second-order valence-electron chi connectivity index (χ2n) is 3.47. The van der Waals surface area contributed by atoms with E-state index in [0.29, 0.717) is 12.3 Å². The van der Waals surface area contributed by atoms with E-state index in [1.165, 1.54) is 0 Å². The first kappa shape index (κ1) is 11.8. The van der Waals surface area contributed by atoms with Crippen molar-refractivity contribution in [3.63, 3.8) is 0 Å². The van der Waals surface area contributed by atoms with Crippen molar-refractivity contribution in [3.8, 4) is 0 Å². The van der Waals surface area contributed by atoms with Gasteiger partial charge in [0.1, 0.15) is 0 Å². The Morgan fingerprint density at radius 2 is 2.17 bits per heavy atom. The fraction of sp³-hybridized carbons (Fsp3) is 1.00. The quantitative estimate of drug-likeness (QED) is 0.625. The van der Waals surface area contributed by atoms with Crippen molar-refractivity contribution in [1.29, 1.82) is 0 Å². The fourth-order valence-corrected chi connectivity index (χ4v) is 1.37. The highest BCUT2D eigenvalue weighted by Gasteiger charge is 2.04. The van der Waals surface area contributed by atoms with Crippen LogP contribution in [0.2, 0.25) is 0 Å². The number of nitrogens with zero attached hydrogens (tertiary/aromatic N) is 1. The second-order valence-corrected chi connectivity index (χ2v) is 3.47. The van der Waals surface area contributed by atoms with Crippen LogP contribution in [0.4, 0.5) is 4.39 Å². The maximum Gasteiger partial charge on any atom is 0.0906 e. The summed E-state index contributed by atoms with van der Waals surface area (Å²) in [6, 6.07) is 0. The molecule has 0 saturated carbocycles. The van der Waals surface area contributed by atoms with E-state index in [1.807, 2.05) is 14.1 Å². The van der Waals surface area contributed by atoms with Crippen LogP contribution in [0.15, 0.2) is 0 Å². The van der Waals surface area contributed by atoms with E-state index in [-0.39, 0.29) is 6.67 Å². The summed E-state index contributed by atoms with van der Waals surface area (Å²) in [5.41, 5.74) is 0. The molecule has 1 N–H and O–H groups in total. The van der Waals surface area contributed by atoms with Gasteiger partial charge in [-0.1, -0.05) is 6.92 Å². The Morgan fingerprint density at radius 1 is 1.50 bits per heavy atom. The van der Waals surface area contributed by atoms with Gasteiger partial charge in [-0.05, 0) is 33.0 Å². The molecule has 0 spiro atoms. The van der Waals surface area contributed by atoms with Crippen LogP contribution in [0.25, 0.3) is 0 Å². The fourth-order valence-electron chi connectivity index (χ4n) is 1.37. The lowest BCUT2D eigenvalue weighted by Gasteiger charge is -2.20. The normalized spacial score (nSPS) is 13.8. The highest BCUT2D eigenvalue weighted by atomic mass is 19.1. The van der Waals surface area contributed by atoms with Gasteiger partial charge in [0, 0.05) is 13.1 Å². The molecule has 0 aromatic carbocycles. The standard InChI is InChI=1S/C9H21FN2/c1-9(7-11-2)8-12(3)6-4-5-10/h9,11H,4-8H2,1-3H3. The summed E-state index contributed by atoms with van der Waals surface area (Å²) >= 11 is 0. The van der Waals surface area contributed by atoms with Crippen molar-refractivity contribution >= 4 is 0 Å². The van der Waals surface area contributed by atoms with Crippen LogP contribution in [0.3, 0.4) is 0 Å². The van der Waals surface area contributed by atoms with Crippen molar-refractivity contribution in [2.75, 3.05) is 40.4 Å². The van der Waals surface area contributed by atoms with Gasteiger partial charge in [-0.3, -0.25) is 4.39 Å². The molecule has 1 atom stereocenters. The Bertz CT molecular complexity index is 98.5. The number of halogens is 1. The SMILES string of the molecule is CNCC(C)CN(C)CCCF. The molecule has 0 heterocycles. The third kappa shape index (κ3) is 6.55. The summed E-state index contributed by atoms with van der Waals surface area (Å²) in [6.07, 6.45) is 0.656. The van der Waals surface area contributed by atoms with E-state index in [9.17, 15) is 4.39 Å². The number of hydrogen-bond acceptors (Lipinski definition) is 2. The lowest BCUT2D eigenvalue weighted by molar-refractivity contribution is 0.269. The third-order valence-electron chi connectivity index (χ3n) is 1.85. The summed E-state index contributed by atoms with van der Waals surface area (Å²) in [4.78, 5) is 2.18. The van der Waals surface area contributed by atoms with Crippen molar-refractivity contribution < 1.29 is 4.39 Å². The van der Waals surface area contributed by atoms with Crippen LogP contribution in [-0.2, 0) is 0 Å². The summed E-state index contributed by atoms with van der Waals surface area (Å²) in [5.74, 6) is 0.639. The molecule has 0 amide bonds. The Kier molecular flexibility index (Phi) is 7.40. The van der Waals surface area contributed by atoms with E-state index in [1.54, 1.807) is 0 Å². The van der Waals surface area contributed by atoms with Gasteiger partial charge in [0.2, 0.25) is 0 Å². The molecule has 0 aliphatic heterocycles. The first-order chi connectivity index (χ1) is 5.70. The topological polar surface area (TPSA) is 15.3 Å². The number of alkyl halides is 1. The predicted molar refractivity (Wildman–Crippen MR) is 51.2 cm³/mol. The average Bonchev–Trinajstić information content (AvgIpc) is 2.01. The van der Waals surface area contributed by atoms with Gasteiger partial charge >= 0.3 is 0 Å². The van der Waals surface area contributed by atoms with Crippen molar-refractivity contribution in [2.45, 2.75) is 13.3 Å². The van der Waals surface area contributed by atoms with E-state index in [2.05, 4.69) is 17.1 Å². The average molecular weight is 176 g/mol. The lowest BCUT2D eigenvalue weighted by Crippen LogP contribution is -2.30. The molecular weight excluding hydrogens is 155 g/mol. The van der Waals surface area contributed by atoms with Gasteiger partial charge in [0.25, 0.3) is 0 Å². The molecule has 0 aliphatic rings. The number of rotatable bonds is 7. The Labute approximate surface area is 75.1 Å². The smallest absolute Gasteiger partial charge is 0.0906 e. The molecule has 1 unspecified atom stereocenters. The first-order valence-corrected chi connectivity index (χ1v) is 4.59. The zero-order valence-electron chi connectivity index (χ0n) is 8.44. The van der Waals surface area contributed by atoms with Gasteiger partial charge in [0.05, 0.1) is 6.67 Å². The van der Waals surface area contributed by atoms with Crippen molar-refractivity contribution in [1.82, 2.24) is 10.2 Å². The van der Waals surface area contributed by atoms with Crippen LogP contribution >= 0.6 is 0 Å². The molecule has 0 aromatic heterocycles. The minimum Gasteiger partial charge on any atom is -0.319 e. The Morgan fingerprint density at radius 3 is 2.67 bits per heavy atom. The zero-order chi connectivity index (χ0) is 9.40. The van der Waals surface area contributed by atoms with Gasteiger partial charge in [0.15, 0.2) is 0 Å². The summed E-state index contributed by atoms with van der Waals surface area (Å²) in [6.45, 7) is 4.93. The van der Waals surface area contributed by atoms with Gasteiger partial charge < -0.3 is 10.2 Å². The summed E-state index contributed by atoms with van der Waals surface area (Å²) in [7, 11) is 4.00. The molecule has 0 bridgehead atoms. The molecule has 3 heteroatoms. The minimum atomic E-state index is -0.204. The van der Waals surface area contributed by atoms with Gasteiger partial charge in [-0.15, -0.1) is 0 Å². The number of hydrogen-bond donors (Lipinski definition) is 1. The van der Waals surface area contributed by atoms with Crippen LogP contribution in [0, 0.1) is 5.92 Å². The minimum absolute atomic E-state index is 0.204. The van der Waals surface area contributed by atoms with Crippen molar-refractivity contribution in [2.24, 2.45) is 5.92 Å². The second kappa shape index (κ2) is 7.50. The van der Waals surface area contributed by atoms with Gasteiger partial charge in [-0.25, -0.2) is 0 Å². The van der Waals surface area contributed by atoms with E-state index in [4.69, 9.17) is 0 Å². The maximum atomic E-state index is 11.8. The van der Waals surface area contributed by atoms with E-state index in [0.717, 1.165) is 19.6 Å². The lowest BCUT2D eigenvalue weighted by atomic mass is 10.1. The molecule has 0 saturated heterocycles. The molecule has 74 valence electrons. The van der Waals surface area contributed by atoms with E-state index < -0.39 is 0 Å². The van der Waals surface area contributed by atoms with E-state index >= 15 is 0 Å². The molecule has 2 nitrogen and oxygen atoms in total. The number of nitrogens with one attached hydrogen (secondary N) is 1. The molecule has 0 radical (unpaired) electrons. The molecular formula is C9H21FN2. The maximum absolute atomic E-state index is 11.8. The Balaban J connectivity index is 3.33. The molecule has 0 aliphatic carbocycles. The monoisotopic (exact) mass is 176 g/mol.